The van der Waals surface area contributed by atoms with Crippen LogP contribution in [0.4, 0.5) is 0 Å². The number of ether oxygens (including phenoxy) is 2. The first-order chi connectivity index (χ1) is 19.0. The van der Waals surface area contributed by atoms with Crippen LogP contribution in [0.3, 0.4) is 0 Å². The Hall–Kier alpha value is -1.63. The van der Waals surface area contributed by atoms with Gasteiger partial charge in [-0.3, -0.25) is 14.4 Å². The van der Waals surface area contributed by atoms with Crippen molar-refractivity contribution in [1.82, 2.24) is 5.32 Å². The molecule has 4 saturated carbocycles. The van der Waals surface area contributed by atoms with E-state index in [1.54, 1.807) is 6.92 Å². The van der Waals surface area contributed by atoms with Gasteiger partial charge in [-0.25, -0.2) is 0 Å². The number of carbonyl (C=O) groups is 3. The van der Waals surface area contributed by atoms with Crippen molar-refractivity contribution in [2.45, 2.75) is 104 Å². The van der Waals surface area contributed by atoms with E-state index in [1.165, 1.54) is 0 Å². The van der Waals surface area contributed by atoms with Crippen molar-refractivity contribution in [2.75, 3.05) is 13.2 Å². The van der Waals surface area contributed by atoms with Crippen LogP contribution < -0.4 is 5.32 Å². The summed E-state index contributed by atoms with van der Waals surface area (Å²) in [5.41, 5.74) is -0.895. The SMILES string of the molecule is [2H]C1([2H])C[C@@]2(C)[C@H](C[C@@H](OC=O)[C@@H]3[C@@H]2CC[C@]2(C)[C@@H]([C@H](C)CCC(=O)NCC(=O)OCC)CC[C@@H]32)C([2H])([2H])[C@]1([2H])O. The van der Waals surface area contributed by atoms with E-state index in [-0.39, 0.29) is 61.0 Å². The molecule has 0 bridgehead atoms. The van der Waals surface area contributed by atoms with Gasteiger partial charge >= 0.3 is 5.97 Å². The van der Waals surface area contributed by atoms with Gasteiger partial charge in [-0.15, -0.1) is 0 Å². The van der Waals surface area contributed by atoms with E-state index in [4.69, 9.17) is 16.3 Å². The van der Waals surface area contributed by atoms with Crippen molar-refractivity contribution < 1.29 is 35.8 Å². The molecule has 0 heterocycles. The molecule has 204 valence electrons. The lowest BCUT2D eigenvalue weighted by Crippen LogP contribution is -2.59. The Morgan fingerprint density at radius 2 is 1.97 bits per heavy atom. The predicted molar refractivity (Wildman–Crippen MR) is 136 cm³/mol. The highest BCUT2D eigenvalue weighted by Crippen LogP contribution is 2.68. The summed E-state index contributed by atoms with van der Waals surface area (Å²) < 4.78 is 53.5. The van der Waals surface area contributed by atoms with E-state index in [0.29, 0.717) is 25.2 Å². The van der Waals surface area contributed by atoms with Crippen molar-refractivity contribution in [3.63, 3.8) is 0 Å². The minimum atomic E-state index is -2.91. The summed E-state index contributed by atoms with van der Waals surface area (Å²) in [5.74, 6) is -0.918. The third kappa shape index (κ3) is 5.06. The molecule has 7 heteroatoms. The van der Waals surface area contributed by atoms with Gasteiger partial charge in [0.2, 0.25) is 5.91 Å². The predicted octanol–water partition coefficient (Wildman–Crippen LogP) is 4.25. The summed E-state index contributed by atoms with van der Waals surface area (Å²) in [5, 5.41) is 13.4. The van der Waals surface area contributed by atoms with Crippen molar-refractivity contribution in [2.24, 2.45) is 46.3 Å². The summed E-state index contributed by atoms with van der Waals surface area (Å²) in [7, 11) is 0. The Balaban J connectivity index is 1.54. The highest BCUT2D eigenvalue weighted by Gasteiger charge is 2.63. The van der Waals surface area contributed by atoms with Crippen molar-refractivity contribution in [3.8, 4) is 0 Å². The molecule has 4 aliphatic rings. The molecule has 0 unspecified atom stereocenters. The minimum Gasteiger partial charge on any atom is -0.465 e. The molecule has 7 nitrogen and oxygen atoms in total. The van der Waals surface area contributed by atoms with E-state index in [2.05, 4.69) is 19.2 Å². The Kier molecular flexibility index (Phi) is 6.52. The van der Waals surface area contributed by atoms with Gasteiger partial charge in [0.15, 0.2) is 0 Å². The average Bonchev–Trinajstić information content (AvgIpc) is 3.23. The van der Waals surface area contributed by atoms with E-state index < -0.39 is 42.2 Å². The number of fused-ring (bicyclic) bond motifs is 5. The number of aliphatic hydroxyl groups is 1. The molecule has 0 aromatic rings. The fraction of sp³-hybridized carbons (Fsp3) is 0.897. The number of amides is 1. The van der Waals surface area contributed by atoms with E-state index in [9.17, 15) is 19.5 Å². The molecule has 36 heavy (non-hydrogen) atoms. The number of carbonyl (C=O) groups excluding carboxylic acids is 3. The average molecular weight is 511 g/mol. The molecule has 10 atom stereocenters. The standard InChI is InChI=1S/C29H47NO6/c1-5-35-26(34)16-30-25(33)9-6-18(2)21-7-8-22-27-23(11-13-29(21,22)4)28(3)12-10-20(32)14-19(28)15-24(27)36-17-31/h17-24,27,32H,5-16H2,1-4H3,(H,30,33)/t18-,19+,20-,21-,22+,23+,24-,27+,28+,29-/m1/s1/i10D2,14D2,20D. The van der Waals surface area contributed by atoms with Crippen molar-refractivity contribution in [1.29, 1.82) is 0 Å². The minimum absolute atomic E-state index is 0.0752. The highest BCUT2D eigenvalue weighted by atomic mass is 16.5. The summed E-state index contributed by atoms with van der Waals surface area (Å²) in [6.45, 7) is 8.64. The molecule has 0 saturated heterocycles. The van der Waals surface area contributed by atoms with Gasteiger partial charge in [-0.2, -0.15) is 0 Å². The number of nitrogens with one attached hydrogen (secondary N) is 1. The van der Waals surface area contributed by atoms with Gasteiger partial charge < -0.3 is 19.9 Å². The second-order valence-electron chi connectivity index (χ2n) is 12.0. The van der Waals surface area contributed by atoms with Gasteiger partial charge in [-0.05, 0) is 105 Å². The Morgan fingerprint density at radius 3 is 2.69 bits per heavy atom. The van der Waals surface area contributed by atoms with Crippen LogP contribution >= 0.6 is 0 Å². The summed E-state index contributed by atoms with van der Waals surface area (Å²) >= 11 is 0. The zero-order valence-electron chi connectivity index (χ0n) is 27.2. The molecule has 2 N–H and O–H groups in total. The molecule has 0 aromatic heterocycles. The molecule has 4 aliphatic carbocycles. The molecule has 1 amide bonds. The largest absolute Gasteiger partial charge is 0.465 e. The van der Waals surface area contributed by atoms with E-state index in [0.717, 1.165) is 25.7 Å². The number of hydrogen-bond acceptors (Lipinski definition) is 6. The third-order valence-electron chi connectivity index (χ3n) is 10.4. The van der Waals surface area contributed by atoms with Gasteiger partial charge in [0, 0.05) is 17.8 Å². The lowest BCUT2D eigenvalue weighted by molar-refractivity contribution is -0.187. The number of esters is 1. The van der Waals surface area contributed by atoms with Crippen LogP contribution in [0.2, 0.25) is 0 Å². The monoisotopic (exact) mass is 510 g/mol. The van der Waals surface area contributed by atoms with Crippen LogP contribution in [-0.2, 0) is 23.9 Å². The fourth-order valence-electron chi connectivity index (χ4n) is 8.59. The fourth-order valence-corrected chi connectivity index (χ4v) is 8.59. The Bertz CT molecular complexity index is 1030. The van der Waals surface area contributed by atoms with Crippen LogP contribution in [0.15, 0.2) is 0 Å². The summed E-state index contributed by atoms with van der Waals surface area (Å²) in [6, 6.07) is 0. The maximum absolute atomic E-state index is 12.4. The third-order valence-corrected chi connectivity index (χ3v) is 10.4. The molecule has 0 aromatic carbocycles. The van der Waals surface area contributed by atoms with E-state index >= 15 is 0 Å². The van der Waals surface area contributed by atoms with Crippen LogP contribution in [0, 0.1) is 46.3 Å². The van der Waals surface area contributed by atoms with Crippen LogP contribution in [0.5, 0.6) is 0 Å². The first kappa shape index (κ1) is 21.3. The van der Waals surface area contributed by atoms with Crippen molar-refractivity contribution in [3.05, 3.63) is 0 Å². The normalized spacial score (nSPS) is 49.2. The Morgan fingerprint density at radius 1 is 1.22 bits per heavy atom. The molecule has 0 spiro atoms. The zero-order chi connectivity index (χ0) is 30.6. The summed E-state index contributed by atoms with van der Waals surface area (Å²) in [6.07, 6.45) is -4.01. The molecular formula is C29H47NO6. The van der Waals surface area contributed by atoms with Gasteiger partial charge in [-0.1, -0.05) is 20.8 Å². The maximum Gasteiger partial charge on any atom is 0.325 e. The van der Waals surface area contributed by atoms with Crippen LogP contribution in [0.1, 0.15) is 98.7 Å². The Labute approximate surface area is 223 Å². The number of rotatable bonds is 9. The quantitative estimate of drug-likeness (QED) is 0.355. The van der Waals surface area contributed by atoms with Crippen molar-refractivity contribution >= 4 is 18.3 Å². The first-order valence-corrected chi connectivity index (χ1v) is 13.7. The maximum atomic E-state index is 12.4. The molecule has 4 fully saturated rings. The van der Waals surface area contributed by atoms with Gasteiger partial charge in [0.05, 0.1) is 14.1 Å². The zero-order valence-corrected chi connectivity index (χ0v) is 22.2. The van der Waals surface area contributed by atoms with Crippen LogP contribution in [-0.4, -0.2) is 48.8 Å². The second kappa shape index (κ2) is 11.0. The topological polar surface area (TPSA) is 102 Å². The molecule has 0 radical (unpaired) electrons. The molecular weight excluding hydrogens is 458 g/mol. The second-order valence-corrected chi connectivity index (χ2v) is 12.0. The van der Waals surface area contributed by atoms with Gasteiger partial charge in [0.1, 0.15) is 12.6 Å². The molecule has 4 rings (SSSR count). The lowest BCUT2D eigenvalue weighted by atomic mass is 9.43. The van der Waals surface area contributed by atoms with E-state index in [1.807, 2.05) is 6.92 Å². The smallest absolute Gasteiger partial charge is 0.325 e. The molecule has 0 aliphatic heterocycles. The summed E-state index contributed by atoms with van der Waals surface area (Å²) in [4.78, 5) is 35.6. The lowest BCUT2D eigenvalue weighted by Gasteiger charge is -2.62. The van der Waals surface area contributed by atoms with Crippen LogP contribution in [0.25, 0.3) is 0 Å². The first-order valence-electron chi connectivity index (χ1n) is 16.2. The van der Waals surface area contributed by atoms with Gasteiger partial charge in [0.25, 0.3) is 6.47 Å². The number of hydrogen-bond donors (Lipinski definition) is 2. The highest BCUT2D eigenvalue weighted by molar-refractivity contribution is 5.81.